The molecule has 0 aromatic rings. The van der Waals surface area contributed by atoms with Crippen LogP contribution >= 0.6 is 0 Å². The van der Waals surface area contributed by atoms with E-state index in [9.17, 15) is 9.18 Å². The molecule has 1 unspecified atom stereocenters. The molecule has 2 aliphatic rings. The standard InChI is InChI=1S/C10H13FN2O3/c11-8-5-7(6-12-9(8)10(14)15)13-1-3-16-4-2-13/h6-7H,1-5H2,(H,14,15). The fourth-order valence-electron chi connectivity index (χ4n) is 1.87. The summed E-state index contributed by atoms with van der Waals surface area (Å²) in [5.41, 5.74) is -0.468. The summed E-state index contributed by atoms with van der Waals surface area (Å²) in [5, 5.41) is 8.66. The lowest BCUT2D eigenvalue weighted by atomic mass is 10.1. The van der Waals surface area contributed by atoms with E-state index in [1.54, 1.807) is 0 Å². The summed E-state index contributed by atoms with van der Waals surface area (Å²) in [7, 11) is 0. The molecule has 2 heterocycles. The van der Waals surface area contributed by atoms with Crippen LogP contribution in [0.3, 0.4) is 0 Å². The first-order valence-electron chi connectivity index (χ1n) is 5.16. The monoisotopic (exact) mass is 228 g/mol. The molecule has 2 aliphatic heterocycles. The van der Waals surface area contributed by atoms with Gasteiger partial charge in [-0.2, -0.15) is 0 Å². The lowest BCUT2D eigenvalue weighted by molar-refractivity contribution is -0.132. The fourth-order valence-corrected chi connectivity index (χ4v) is 1.87. The van der Waals surface area contributed by atoms with E-state index in [2.05, 4.69) is 4.99 Å². The topological polar surface area (TPSA) is 62.1 Å². The van der Waals surface area contributed by atoms with E-state index >= 15 is 0 Å². The summed E-state index contributed by atoms with van der Waals surface area (Å²) in [6.45, 7) is 2.71. The van der Waals surface area contributed by atoms with Gasteiger partial charge in [-0.05, 0) is 0 Å². The maximum atomic E-state index is 13.4. The summed E-state index contributed by atoms with van der Waals surface area (Å²) in [6.07, 6.45) is 1.60. The van der Waals surface area contributed by atoms with Gasteiger partial charge in [-0.15, -0.1) is 0 Å². The number of ether oxygens (including phenoxy) is 1. The molecule has 1 fully saturated rings. The highest BCUT2D eigenvalue weighted by molar-refractivity contribution is 5.90. The van der Waals surface area contributed by atoms with Gasteiger partial charge in [-0.25, -0.2) is 14.2 Å². The molecule has 2 rings (SSSR count). The van der Waals surface area contributed by atoms with Gasteiger partial charge in [0.1, 0.15) is 5.83 Å². The van der Waals surface area contributed by atoms with Crippen LogP contribution in [0.1, 0.15) is 6.42 Å². The van der Waals surface area contributed by atoms with Crippen LogP contribution in [0.5, 0.6) is 0 Å². The van der Waals surface area contributed by atoms with Crippen molar-refractivity contribution in [2.24, 2.45) is 4.99 Å². The van der Waals surface area contributed by atoms with Crippen LogP contribution in [0.25, 0.3) is 0 Å². The van der Waals surface area contributed by atoms with Gasteiger partial charge in [0.2, 0.25) is 0 Å². The summed E-state index contributed by atoms with van der Waals surface area (Å²) >= 11 is 0. The van der Waals surface area contributed by atoms with Gasteiger partial charge in [-0.3, -0.25) is 4.90 Å². The molecule has 6 heteroatoms. The van der Waals surface area contributed by atoms with Crippen molar-refractivity contribution in [1.82, 2.24) is 4.90 Å². The van der Waals surface area contributed by atoms with Gasteiger partial charge in [0.15, 0.2) is 5.70 Å². The van der Waals surface area contributed by atoms with E-state index in [0.29, 0.717) is 13.2 Å². The van der Waals surface area contributed by atoms with E-state index in [1.165, 1.54) is 6.21 Å². The van der Waals surface area contributed by atoms with Crippen molar-refractivity contribution < 1.29 is 19.0 Å². The second-order valence-electron chi connectivity index (χ2n) is 3.76. The Bertz CT molecular complexity index is 348. The van der Waals surface area contributed by atoms with Crippen molar-refractivity contribution >= 4 is 12.2 Å². The molecule has 1 atom stereocenters. The van der Waals surface area contributed by atoms with Crippen LogP contribution in [-0.2, 0) is 9.53 Å². The highest BCUT2D eigenvalue weighted by Crippen LogP contribution is 2.22. The minimum absolute atomic E-state index is 0.0884. The van der Waals surface area contributed by atoms with E-state index in [4.69, 9.17) is 9.84 Å². The second-order valence-corrected chi connectivity index (χ2v) is 3.76. The summed E-state index contributed by atoms with van der Waals surface area (Å²) in [6, 6.07) is -0.146. The molecule has 1 N–H and O–H groups in total. The van der Waals surface area contributed by atoms with E-state index < -0.39 is 17.5 Å². The average molecular weight is 228 g/mol. The predicted octanol–water partition coefficient (Wildman–Crippen LogP) is 0.427. The Morgan fingerprint density at radius 1 is 1.56 bits per heavy atom. The van der Waals surface area contributed by atoms with Crippen LogP contribution in [0.2, 0.25) is 0 Å². The van der Waals surface area contributed by atoms with Crippen LogP contribution in [0.15, 0.2) is 16.5 Å². The zero-order chi connectivity index (χ0) is 11.5. The first-order chi connectivity index (χ1) is 7.68. The van der Waals surface area contributed by atoms with Gasteiger partial charge in [0, 0.05) is 25.7 Å². The van der Waals surface area contributed by atoms with Crippen LogP contribution in [-0.4, -0.2) is 54.5 Å². The number of halogens is 1. The Morgan fingerprint density at radius 3 is 2.81 bits per heavy atom. The first kappa shape index (κ1) is 11.2. The number of hydrogen-bond donors (Lipinski definition) is 1. The molecule has 0 amide bonds. The molecule has 5 nitrogen and oxygen atoms in total. The molecular weight excluding hydrogens is 215 g/mol. The Hall–Kier alpha value is -1.27. The van der Waals surface area contributed by atoms with Crippen LogP contribution in [0, 0.1) is 0 Å². The molecular formula is C10H13FN2O3. The maximum absolute atomic E-state index is 13.4. The molecule has 0 aliphatic carbocycles. The summed E-state index contributed by atoms with van der Waals surface area (Å²) in [5.74, 6) is -1.96. The Labute approximate surface area is 92.2 Å². The van der Waals surface area contributed by atoms with Crippen molar-refractivity contribution in [1.29, 1.82) is 0 Å². The third kappa shape index (κ3) is 2.28. The number of hydrogen-bond acceptors (Lipinski definition) is 4. The quantitative estimate of drug-likeness (QED) is 0.744. The number of rotatable bonds is 2. The second kappa shape index (κ2) is 4.71. The summed E-state index contributed by atoms with van der Waals surface area (Å²) in [4.78, 5) is 16.3. The number of carboxylic acids is 1. The highest BCUT2D eigenvalue weighted by Gasteiger charge is 2.27. The Morgan fingerprint density at radius 2 is 2.25 bits per heavy atom. The average Bonchev–Trinajstić information content (AvgIpc) is 2.29. The Kier molecular flexibility index (Phi) is 3.31. The SMILES string of the molecule is O=C(O)C1=C(F)CC(N2CCOCC2)C=N1. The van der Waals surface area contributed by atoms with E-state index in [1.807, 2.05) is 4.90 Å². The molecule has 0 aromatic heterocycles. The molecule has 0 bridgehead atoms. The maximum Gasteiger partial charge on any atom is 0.357 e. The first-order valence-corrected chi connectivity index (χ1v) is 5.16. The van der Waals surface area contributed by atoms with Gasteiger partial charge in [0.25, 0.3) is 0 Å². The van der Waals surface area contributed by atoms with Crippen molar-refractivity contribution in [2.45, 2.75) is 12.5 Å². The lowest BCUT2D eigenvalue weighted by Gasteiger charge is -2.33. The number of carboxylic acid groups (broad SMARTS) is 1. The normalized spacial score (nSPS) is 27.2. The minimum Gasteiger partial charge on any atom is -0.476 e. The van der Waals surface area contributed by atoms with Crippen molar-refractivity contribution in [3.63, 3.8) is 0 Å². The van der Waals surface area contributed by atoms with E-state index in [-0.39, 0.29) is 12.5 Å². The Balaban J connectivity index is 2.03. The van der Waals surface area contributed by atoms with Crippen LogP contribution in [0.4, 0.5) is 4.39 Å². The van der Waals surface area contributed by atoms with Crippen molar-refractivity contribution in [3.8, 4) is 0 Å². The number of nitrogens with zero attached hydrogens (tertiary/aromatic N) is 2. The van der Waals surface area contributed by atoms with E-state index in [0.717, 1.165) is 13.1 Å². The molecule has 88 valence electrons. The third-order valence-corrected chi connectivity index (χ3v) is 2.74. The number of aliphatic imine (C=N–C) groups is 1. The van der Waals surface area contributed by atoms with Gasteiger partial charge >= 0.3 is 5.97 Å². The van der Waals surface area contributed by atoms with Gasteiger partial charge < -0.3 is 9.84 Å². The van der Waals surface area contributed by atoms with Gasteiger partial charge in [0.05, 0.1) is 19.3 Å². The molecule has 0 aromatic carbocycles. The molecule has 16 heavy (non-hydrogen) atoms. The zero-order valence-electron chi connectivity index (χ0n) is 8.73. The van der Waals surface area contributed by atoms with Gasteiger partial charge in [-0.1, -0.05) is 0 Å². The highest BCUT2D eigenvalue weighted by atomic mass is 19.1. The van der Waals surface area contributed by atoms with Crippen LogP contribution < -0.4 is 0 Å². The zero-order valence-corrected chi connectivity index (χ0v) is 8.73. The number of carbonyl (C=O) groups is 1. The van der Waals surface area contributed by atoms with Crippen molar-refractivity contribution in [3.05, 3.63) is 11.5 Å². The minimum atomic E-state index is -1.31. The fraction of sp³-hybridized carbons (Fsp3) is 0.600. The summed E-state index contributed by atoms with van der Waals surface area (Å²) < 4.78 is 18.6. The molecule has 0 saturated carbocycles. The van der Waals surface area contributed by atoms with Crippen molar-refractivity contribution in [2.75, 3.05) is 26.3 Å². The molecule has 0 radical (unpaired) electrons. The smallest absolute Gasteiger partial charge is 0.357 e. The molecule has 1 saturated heterocycles. The lowest BCUT2D eigenvalue weighted by Crippen LogP contribution is -2.45. The predicted molar refractivity (Wildman–Crippen MR) is 55.1 cm³/mol. The molecule has 0 spiro atoms. The third-order valence-electron chi connectivity index (χ3n) is 2.74. The number of morpholine rings is 1. The number of aliphatic carboxylic acids is 1. The largest absolute Gasteiger partial charge is 0.476 e.